The van der Waals surface area contributed by atoms with Crippen LogP contribution in [-0.2, 0) is 11.2 Å². The highest BCUT2D eigenvalue weighted by Gasteiger charge is 2.33. The predicted molar refractivity (Wildman–Crippen MR) is 64.8 cm³/mol. The monoisotopic (exact) mass is 286 g/mol. The predicted octanol–water partition coefficient (Wildman–Crippen LogP) is 2.15. The van der Waals surface area contributed by atoms with Gasteiger partial charge in [-0.15, -0.1) is 0 Å². The number of ether oxygens (including phenoxy) is 2. The van der Waals surface area contributed by atoms with E-state index in [4.69, 9.17) is 9.47 Å². The molecule has 0 amide bonds. The van der Waals surface area contributed by atoms with Gasteiger partial charge in [-0.1, -0.05) is 15.9 Å². The molecule has 1 unspecified atom stereocenters. The van der Waals surface area contributed by atoms with Gasteiger partial charge in [0.25, 0.3) is 0 Å². The maximum Gasteiger partial charge on any atom is 0.122 e. The van der Waals surface area contributed by atoms with Crippen molar-refractivity contribution in [2.24, 2.45) is 0 Å². The molecule has 0 spiro atoms. The summed E-state index contributed by atoms with van der Waals surface area (Å²) in [6, 6.07) is 5.81. The summed E-state index contributed by atoms with van der Waals surface area (Å²) in [5.41, 5.74) is 0.263. The highest BCUT2D eigenvalue weighted by Crippen LogP contribution is 2.30. The molecule has 2 rings (SSSR count). The van der Waals surface area contributed by atoms with Crippen LogP contribution in [0.4, 0.5) is 0 Å². The van der Waals surface area contributed by atoms with Crippen molar-refractivity contribution in [3.05, 3.63) is 28.2 Å². The molecule has 1 aliphatic heterocycles. The average molecular weight is 287 g/mol. The largest absolute Gasteiger partial charge is 0.496 e. The van der Waals surface area contributed by atoms with E-state index in [1.807, 2.05) is 18.2 Å². The van der Waals surface area contributed by atoms with Crippen LogP contribution in [-0.4, -0.2) is 31.0 Å². The first kappa shape index (κ1) is 11.9. The van der Waals surface area contributed by atoms with E-state index >= 15 is 0 Å². The lowest BCUT2D eigenvalue weighted by molar-refractivity contribution is 0.0266. The topological polar surface area (TPSA) is 38.7 Å². The van der Waals surface area contributed by atoms with Crippen molar-refractivity contribution in [3.63, 3.8) is 0 Å². The number of methoxy groups -OCH3 is 1. The van der Waals surface area contributed by atoms with Gasteiger partial charge in [0.1, 0.15) is 5.75 Å². The Kier molecular flexibility index (Phi) is 3.52. The van der Waals surface area contributed by atoms with Crippen molar-refractivity contribution < 1.29 is 14.6 Å². The third-order valence-corrected chi connectivity index (χ3v) is 3.34. The van der Waals surface area contributed by atoms with Crippen molar-refractivity contribution in [1.29, 1.82) is 0 Å². The van der Waals surface area contributed by atoms with Gasteiger partial charge in [0.15, 0.2) is 0 Å². The molecule has 4 heteroatoms. The van der Waals surface area contributed by atoms with E-state index in [1.165, 1.54) is 0 Å². The molecule has 1 heterocycles. The minimum atomic E-state index is -0.742. The molecule has 0 bridgehead atoms. The van der Waals surface area contributed by atoms with E-state index in [2.05, 4.69) is 15.9 Å². The van der Waals surface area contributed by atoms with Gasteiger partial charge in [0, 0.05) is 23.9 Å². The van der Waals surface area contributed by atoms with Crippen LogP contribution in [0.5, 0.6) is 5.75 Å². The summed E-state index contributed by atoms with van der Waals surface area (Å²) >= 11 is 3.42. The quantitative estimate of drug-likeness (QED) is 0.925. The maximum atomic E-state index is 10.3. The zero-order valence-electron chi connectivity index (χ0n) is 9.20. The molecule has 0 saturated carbocycles. The van der Waals surface area contributed by atoms with Crippen molar-refractivity contribution in [1.82, 2.24) is 0 Å². The van der Waals surface area contributed by atoms with Gasteiger partial charge in [0.2, 0.25) is 0 Å². The summed E-state index contributed by atoms with van der Waals surface area (Å²) < 4.78 is 11.5. The van der Waals surface area contributed by atoms with Gasteiger partial charge in [-0.25, -0.2) is 0 Å². The second-order valence-corrected chi connectivity index (χ2v) is 5.08. The molecule has 3 nitrogen and oxygen atoms in total. The van der Waals surface area contributed by atoms with Crippen LogP contribution in [0.1, 0.15) is 12.0 Å². The van der Waals surface area contributed by atoms with Crippen molar-refractivity contribution in [2.45, 2.75) is 18.4 Å². The number of aliphatic hydroxyl groups is 1. The lowest BCUT2D eigenvalue weighted by Gasteiger charge is -2.21. The number of hydrogen-bond donors (Lipinski definition) is 1. The van der Waals surface area contributed by atoms with E-state index < -0.39 is 5.60 Å². The van der Waals surface area contributed by atoms with Gasteiger partial charge >= 0.3 is 0 Å². The molecule has 1 N–H and O–H groups in total. The van der Waals surface area contributed by atoms with Gasteiger partial charge in [-0.3, -0.25) is 0 Å². The summed E-state index contributed by atoms with van der Waals surface area (Å²) in [7, 11) is 1.64. The smallest absolute Gasteiger partial charge is 0.122 e. The number of halogens is 1. The maximum absolute atomic E-state index is 10.3. The minimum absolute atomic E-state index is 0.405. The molecule has 1 fully saturated rings. The third-order valence-electron chi connectivity index (χ3n) is 2.84. The lowest BCUT2D eigenvalue weighted by Crippen LogP contribution is -2.31. The molecule has 1 aromatic carbocycles. The zero-order valence-corrected chi connectivity index (χ0v) is 10.8. The molecule has 0 aliphatic carbocycles. The molecule has 1 aromatic rings. The molecule has 0 aromatic heterocycles. The Morgan fingerprint density at radius 1 is 1.56 bits per heavy atom. The summed E-state index contributed by atoms with van der Waals surface area (Å²) in [6.45, 7) is 1.04. The first-order valence-electron chi connectivity index (χ1n) is 5.25. The highest BCUT2D eigenvalue weighted by molar-refractivity contribution is 9.10. The second-order valence-electron chi connectivity index (χ2n) is 4.16. The van der Waals surface area contributed by atoms with Crippen LogP contribution < -0.4 is 4.74 Å². The third kappa shape index (κ3) is 2.56. The van der Waals surface area contributed by atoms with E-state index in [0.29, 0.717) is 26.1 Å². The van der Waals surface area contributed by atoms with Crippen LogP contribution in [0.15, 0.2) is 22.7 Å². The molecular weight excluding hydrogens is 272 g/mol. The van der Waals surface area contributed by atoms with Crippen LogP contribution in [0, 0.1) is 0 Å². The summed E-state index contributed by atoms with van der Waals surface area (Å²) in [6.07, 6.45) is 1.25. The van der Waals surface area contributed by atoms with Crippen molar-refractivity contribution in [3.8, 4) is 5.75 Å². The normalized spacial score (nSPS) is 24.7. The fourth-order valence-electron chi connectivity index (χ4n) is 1.98. The fraction of sp³-hybridized carbons (Fsp3) is 0.500. The Morgan fingerprint density at radius 2 is 2.38 bits per heavy atom. The molecule has 88 valence electrons. The Morgan fingerprint density at radius 3 is 3.00 bits per heavy atom. The van der Waals surface area contributed by atoms with Crippen LogP contribution in [0.2, 0.25) is 0 Å². The van der Waals surface area contributed by atoms with E-state index in [0.717, 1.165) is 15.8 Å². The standard InChI is InChI=1S/C12H15BrO3/c1-15-11-3-2-10(13)6-9(11)7-12(14)4-5-16-8-12/h2-3,6,14H,4-5,7-8H2,1H3. The van der Waals surface area contributed by atoms with E-state index in [-0.39, 0.29) is 0 Å². The molecule has 16 heavy (non-hydrogen) atoms. The molecule has 1 atom stereocenters. The molecule has 1 saturated heterocycles. The van der Waals surface area contributed by atoms with E-state index in [1.54, 1.807) is 7.11 Å². The fourth-order valence-corrected chi connectivity index (χ4v) is 2.38. The molecule has 0 radical (unpaired) electrons. The first-order valence-corrected chi connectivity index (χ1v) is 6.05. The van der Waals surface area contributed by atoms with Crippen LogP contribution in [0.3, 0.4) is 0 Å². The first-order chi connectivity index (χ1) is 7.63. The summed E-state index contributed by atoms with van der Waals surface area (Å²) in [5, 5.41) is 10.3. The van der Waals surface area contributed by atoms with Gasteiger partial charge < -0.3 is 14.6 Å². The van der Waals surface area contributed by atoms with Gasteiger partial charge in [-0.05, 0) is 23.8 Å². The van der Waals surface area contributed by atoms with Gasteiger partial charge in [-0.2, -0.15) is 0 Å². The number of rotatable bonds is 3. The zero-order chi connectivity index (χ0) is 11.6. The van der Waals surface area contributed by atoms with E-state index in [9.17, 15) is 5.11 Å². The number of hydrogen-bond acceptors (Lipinski definition) is 3. The summed E-state index contributed by atoms with van der Waals surface area (Å²) in [5.74, 6) is 0.809. The lowest BCUT2D eigenvalue weighted by atomic mass is 9.93. The van der Waals surface area contributed by atoms with Crippen molar-refractivity contribution in [2.75, 3.05) is 20.3 Å². The Balaban J connectivity index is 2.22. The highest BCUT2D eigenvalue weighted by atomic mass is 79.9. The number of benzene rings is 1. The average Bonchev–Trinajstić information content (AvgIpc) is 2.65. The van der Waals surface area contributed by atoms with Gasteiger partial charge in [0.05, 0.1) is 19.3 Å². The molecular formula is C12H15BrO3. The second kappa shape index (κ2) is 4.73. The minimum Gasteiger partial charge on any atom is -0.496 e. The summed E-state index contributed by atoms with van der Waals surface area (Å²) in [4.78, 5) is 0. The Bertz CT molecular complexity index is 373. The van der Waals surface area contributed by atoms with Crippen LogP contribution in [0.25, 0.3) is 0 Å². The van der Waals surface area contributed by atoms with Crippen molar-refractivity contribution >= 4 is 15.9 Å². The SMILES string of the molecule is COc1ccc(Br)cc1CC1(O)CCOC1. The van der Waals surface area contributed by atoms with Crippen LogP contribution >= 0.6 is 15.9 Å². The molecule has 1 aliphatic rings. The Hall–Kier alpha value is -0.580. The Labute approximate surface area is 104 Å².